The molecule has 0 amide bonds. The van der Waals surface area contributed by atoms with Crippen molar-refractivity contribution in [3.05, 3.63) is 40.0 Å². The summed E-state index contributed by atoms with van der Waals surface area (Å²) in [7, 11) is 1.70. The molecule has 3 heteroatoms. The van der Waals surface area contributed by atoms with Crippen molar-refractivity contribution in [1.29, 1.82) is 0 Å². The Morgan fingerprint density at radius 1 is 1.36 bits per heavy atom. The zero-order valence-corrected chi connectivity index (χ0v) is 16.6. The third kappa shape index (κ3) is 3.92. The molecule has 2 rings (SSSR count). The number of halogens is 1. The summed E-state index contributed by atoms with van der Waals surface area (Å²) in [5.41, 5.74) is 4.03. The minimum absolute atomic E-state index is 0.275. The van der Waals surface area contributed by atoms with E-state index in [-0.39, 0.29) is 5.92 Å². The Hall–Kier alpha value is -1.35. The number of hydrogen-bond acceptors (Lipinski definition) is 2. The minimum Gasteiger partial charge on any atom is -0.496 e. The number of aliphatic hydroxyl groups excluding tert-OH is 1. The average Bonchev–Trinajstić information content (AvgIpc) is 2.56. The van der Waals surface area contributed by atoms with Crippen LogP contribution >= 0.6 is 0 Å². The van der Waals surface area contributed by atoms with Crippen LogP contribution in [0.5, 0.6) is 5.75 Å². The molecule has 3 atom stereocenters. The van der Waals surface area contributed by atoms with E-state index in [4.69, 9.17) is 4.74 Å². The monoisotopic (exact) mass is 348 g/mol. The highest BCUT2D eigenvalue weighted by Crippen LogP contribution is 2.51. The van der Waals surface area contributed by atoms with Crippen molar-refractivity contribution in [3.8, 4) is 5.75 Å². The zero-order valence-electron chi connectivity index (χ0n) is 16.6. The van der Waals surface area contributed by atoms with Gasteiger partial charge in [-0.2, -0.15) is 0 Å². The maximum absolute atomic E-state index is 15.8. The lowest BCUT2D eigenvalue weighted by Gasteiger charge is -2.39. The lowest BCUT2D eigenvalue weighted by molar-refractivity contribution is 0.0306. The van der Waals surface area contributed by atoms with E-state index in [2.05, 4.69) is 32.9 Å². The molecule has 0 spiro atoms. The molecule has 140 valence electrons. The number of fused-ring (bicyclic) bond motifs is 1. The molecule has 0 unspecified atom stereocenters. The number of rotatable bonds is 6. The Kier molecular flexibility index (Phi) is 6.31. The molecular formula is C22H33FO2. The molecule has 0 aromatic heterocycles. The second-order valence-electron chi connectivity index (χ2n) is 7.90. The van der Waals surface area contributed by atoms with Crippen LogP contribution in [0.1, 0.15) is 80.5 Å². The van der Waals surface area contributed by atoms with Gasteiger partial charge in [-0.25, -0.2) is 4.39 Å². The quantitative estimate of drug-likeness (QED) is 0.664. The average molecular weight is 349 g/mol. The summed E-state index contributed by atoms with van der Waals surface area (Å²) < 4.78 is 21.5. The molecule has 0 fully saturated rings. The van der Waals surface area contributed by atoms with Gasteiger partial charge >= 0.3 is 0 Å². The maximum Gasteiger partial charge on any atom is 0.141 e. The maximum atomic E-state index is 15.8. The Balaban J connectivity index is 2.50. The van der Waals surface area contributed by atoms with Gasteiger partial charge in [0.25, 0.3) is 0 Å². The van der Waals surface area contributed by atoms with Gasteiger partial charge in [-0.15, -0.1) is 0 Å². The molecule has 1 aliphatic carbocycles. The number of aryl methyl sites for hydroxylation is 1. The molecule has 1 aliphatic rings. The van der Waals surface area contributed by atoms with E-state index in [1.807, 2.05) is 13.8 Å². The number of ether oxygens (including phenoxy) is 1. The van der Waals surface area contributed by atoms with Crippen molar-refractivity contribution in [2.75, 3.05) is 13.7 Å². The molecule has 2 nitrogen and oxygen atoms in total. The largest absolute Gasteiger partial charge is 0.496 e. The van der Waals surface area contributed by atoms with Gasteiger partial charge in [0.1, 0.15) is 11.4 Å². The molecule has 0 aliphatic heterocycles. The molecule has 0 saturated carbocycles. The minimum atomic E-state index is -1.59. The molecule has 0 bridgehead atoms. The van der Waals surface area contributed by atoms with E-state index < -0.39 is 12.3 Å². The summed E-state index contributed by atoms with van der Waals surface area (Å²) in [6.07, 6.45) is 4.75. The Morgan fingerprint density at radius 3 is 2.60 bits per heavy atom. The van der Waals surface area contributed by atoms with Crippen molar-refractivity contribution in [2.24, 2.45) is 0 Å². The van der Waals surface area contributed by atoms with Crippen LogP contribution < -0.4 is 4.74 Å². The van der Waals surface area contributed by atoms with Gasteiger partial charge in [-0.05, 0) is 76.0 Å². The molecule has 1 aromatic carbocycles. The summed E-state index contributed by atoms with van der Waals surface area (Å²) in [4.78, 5) is 0. The van der Waals surface area contributed by atoms with Crippen LogP contribution in [-0.4, -0.2) is 24.5 Å². The lowest BCUT2D eigenvalue weighted by atomic mass is 9.68. The summed E-state index contributed by atoms with van der Waals surface area (Å²) in [6.45, 7) is 9.91. The Bertz CT molecular complexity index is 646. The van der Waals surface area contributed by atoms with Crippen molar-refractivity contribution in [3.63, 3.8) is 0 Å². The van der Waals surface area contributed by atoms with Gasteiger partial charge in [0.2, 0.25) is 0 Å². The number of methoxy groups -OCH3 is 1. The van der Waals surface area contributed by atoms with E-state index in [0.717, 1.165) is 40.8 Å². The van der Waals surface area contributed by atoms with E-state index in [1.165, 1.54) is 5.57 Å². The van der Waals surface area contributed by atoms with Crippen LogP contribution in [0, 0.1) is 13.8 Å². The smallest absolute Gasteiger partial charge is 0.141 e. The molecule has 0 saturated heterocycles. The first-order valence-electron chi connectivity index (χ1n) is 9.36. The van der Waals surface area contributed by atoms with Crippen molar-refractivity contribution in [1.82, 2.24) is 0 Å². The highest BCUT2D eigenvalue weighted by molar-refractivity contribution is 5.54. The SMILES string of the molecule is COc1c(C)c(C)cc2c1[C@H](C)CC[C@H]2[C@@](F)(CO)CCC=C(C)C. The highest BCUT2D eigenvalue weighted by Gasteiger charge is 2.43. The lowest BCUT2D eigenvalue weighted by Crippen LogP contribution is -2.38. The van der Waals surface area contributed by atoms with E-state index in [1.54, 1.807) is 7.11 Å². The molecule has 1 N–H and O–H groups in total. The van der Waals surface area contributed by atoms with Crippen LogP contribution in [0.25, 0.3) is 0 Å². The fraction of sp³-hybridized carbons (Fsp3) is 0.636. The van der Waals surface area contributed by atoms with Crippen molar-refractivity contribution in [2.45, 2.75) is 77.8 Å². The van der Waals surface area contributed by atoms with Gasteiger partial charge < -0.3 is 9.84 Å². The van der Waals surface area contributed by atoms with Crippen LogP contribution in [-0.2, 0) is 0 Å². The molecular weight excluding hydrogens is 315 g/mol. The molecule has 25 heavy (non-hydrogen) atoms. The zero-order chi connectivity index (χ0) is 18.8. The van der Waals surface area contributed by atoms with Gasteiger partial charge in [-0.1, -0.05) is 24.6 Å². The van der Waals surface area contributed by atoms with E-state index in [0.29, 0.717) is 18.8 Å². The predicted molar refractivity (Wildman–Crippen MR) is 102 cm³/mol. The topological polar surface area (TPSA) is 29.5 Å². The number of benzene rings is 1. The fourth-order valence-electron chi connectivity index (χ4n) is 4.21. The number of allylic oxidation sites excluding steroid dienone is 2. The third-order valence-corrected chi connectivity index (χ3v) is 5.82. The first kappa shape index (κ1) is 20.0. The first-order chi connectivity index (χ1) is 11.7. The van der Waals surface area contributed by atoms with Crippen molar-refractivity contribution >= 4 is 0 Å². The summed E-state index contributed by atoms with van der Waals surface area (Å²) in [6, 6.07) is 2.12. The van der Waals surface area contributed by atoms with E-state index in [9.17, 15) is 5.11 Å². The Morgan fingerprint density at radius 2 is 2.04 bits per heavy atom. The molecule has 0 radical (unpaired) electrons. The molecule has 1 aromatic rings. The highest BCUT2D eigenvalue weighted by atomic mass is 19.1. The summed E-state index contributed by atoms with van der Waals surface area (Å²) in [5, 5.41) is 9.92. The number of aliphatic hydroxyl groups is 1. The van der Waals surface area contributed by atoms with Gasteiger partial charge in [0.05, 0.1) is 13.7 Å². The third-order valence-electron chi connectivity index (χ3n) is 5.82. The first-order valence-corrected chi connectivity index (χ1v) is 9.36. The van der Waals surface area contributed by atoms with Gasteiger partial charge in [-0.3, -0.25) is 0 Å². The van der Waals surface area contributed by atoms with Gasteiger partial charge in [0.15, 0.2) is 0 Å². The Labute approximate surface area is 152 Å². The van der Waals surface area contributed by atoms with Crippen LogP contribution in [0.15, 0.2) is 17.7 Å². The summed E-state index contributed by atoms with van der Waals surface area (Å²) in [5.74, 6) is 0.973. The second kappa shape index (κ2) is 7.90. The normalized spacial score (nSPS) is 22.1. The van der Waals surface area contributed by atoms with Crippen LogP contribution in [0.4, 0.5) is 4.39 Å². The van der Waals surface area contributed by atoms with Gasteiger partial charge in [0, 0.05) is 11.5 Å². The van der Waals surface area contributed by atoms with Crippen LogP contribution in [0.3, 0.4) is 0 Å². The number of alkyl halides is 1. The van der Waals surface area contributed by atoms with E-state index >= 15 is 4.39 Å². The molecule has 0 heterocycles. The standard InChI is InChI=1S/C22H33FO2/c1-14(2)8-7-11-22(23,13-24)19-10-9-15(3)20-18(19)12-16(4)17(5)21(20)25-6/h8,12,15,19,24H,7,9-11,13H2,1-6H3/t15-,19-,22+/m1/s1. The summed E-state index contributed by atoms with van der Waals surface area (Å²) >= 11 is 0. The predicted octanol–water partition coefficient (Wildman–Crippen LogP) is 5.74. The second-order valence-corrected chi connectivity index (χ2v) is 7.90. The van der Waals surface area contributed by atoms with Crippen molar-refractivity contribution < 1.29 is 14.2 Å². The van der Waals surface area contributed by atoms with Crippen LogP contribution in [0.2, 0.25) is 0 Å². The fourth-order valence-corrected chi connectivity index (χ4v) is 4.21. The number of hydrogen-bond donors (Lipinski definition) is 1.